The molecule has 3 aliphatic rings. The molecule has 0 saturated carbocycles. The number of likely N-dealkylation sites (N-methyl/N-ethyl adjacent to an activating group) is 1. The van der Waals surface area contributed by atoms with Crippen molar-refractivity contribution in [1.82, 2.24) is 20.0 Å². The summed E-state index contributed by atoms with van der Waals surface area (Å²) in [6, 6.07) is 0.657. The van der Waals surface area contributed by atoms with Gasteiger partial charge in [0, 0.05) is 64.6 Å². The molecular formula is C18H33N5O. The smallest absolute Gasteiger partial charge is 0.193 e. The molecular weight excluding hydrogens is 302 g/mol. The summed E-state index contributed by atoms with van der Waals surface area (Å²) in [4.78, 5) is 11.9. The van der Waals surface area contributed by atoms with E-state index in [1.54, 1.807) is 0 Å². The zero-order valence-electron chi connectivity index (χ0n) is 15.5. The third-order valence-corrected chi connectivity index (χ3v) is 5.99. The highest BCUT2D eigenvalue weighted by atomic mass is 16.5. The average molecular weight is 335 g/mol. The van der Waals surface area contributed by atoms with Crippen molar-refractivity contribution >= 4 is 5.96 Å². The second-order valence-electron chi connectivity index (χ2n) is 7.45. The Bertz CT molecular complexity index is 462. The van der Waals surface area contributed by atoms with Crippen LogP contribution in [0.5, 0.6) is 0 Å². The van der Waals surface area contributed by atoms with Crippen LogP contribution < -0.4 is 5.32 Å². The Morgan fingerprint density at radius 1 is 1.29 bits per heavy atom. The summed E-state index contributed by atoms with van der Waals surface area (Å²) in [7, 11) is 6.27. The fourth-order valence-corrected chi connectivity index (χ4v) is 4.13. The molecule has 0 aromatic carbocycles. The summed E-state index contributed by atoms with van der Waals surface area (Å²) in [6.07, 6.45) is 7.94. The first-order valence-electron chi connectivity index (χ1n) is 9.24. The lowest BCUT2D eigenvalue weighted by Gasteiger charge is -2.43. The monoisotopic (exact) mass is 335 g/mol. The minimum atomic E-state index is 0.173. The molecule has 24 heavy (non-hydrogen) atoms. The largest absolute Gasteiger partial charge is 0.381 e. The number of rotatable bonds is 4. The van der Waals surface area contributed by atoms with E-state index in [2.05, 4.69) is 51.3 Å². The van der Waals surface area contributed by atoms with E-state index in [1.807, 2.05) is 7.05 Å². The van der Waals surface area contributed by atoms with Gasteiger partial charge in [-0.3, -0.25) is 9.89 Å². The average Bonchev–Trinajstić information content (AvgIpc) is 3.27. The first kappa shape index (κ1) is 17.7. The number of aliphatic imine (C=N–C) groups is 1. The molecule has 3 aliphatic heterocycles. The van der Waals surface area contributed by atoms with Crippen molar-refractivity contribution in [2.45, 2.75) is 30.8 Å². The van der Waals surface area contributed by atoms with Gasteiger partial charge in [-0.1, -0.05) is 12.2 Å². The molecule has 3 rings (SSSR count). The number of nitrogens with zero attached hydrogens (tertiary/aromatic N) is 4. The van der Waals surface area contributed by atoms with Gasteiger partial charge in [0.05, 0.1) is 0 Å². The van der Waals surface area contributed by atoms with Crippen LogP contribution in [0.25, 0.3) is 0 Å². The summed E-state index contributed by atoms with van der Waals surface area (Å²) in [5, 5.41) is 3.66. The Hall–Kier alpha value is -1.11. The van der Waals surface area contributed by atoms with Gasteiger partial charge in [0.15, 0.2) is 5.96 Å². The van der Waals surface area contributed by atoms with E-state index in [0.717, 1.165) is 64.7 Å². The number of hydrogen-bond acceptors (Lipinski definition) is 4. The van der Waals surface area contributed by atoms with Crippen molar-refractivity contribution in [2.24, 2.45) is 4.99 Å². The number of hydrogen-bond donors (Lipinski definition) is 1. The van der Waals surface area contributed by atoms with Gasteiger partial charge in [-0.15, -0.1) is 0 Å². The van der Waals surface area contributed by atoms with Gasteiger partial charge in [-0.25, -0.2) is 0 Å². The van der Waals surface area contributed by atoms with Crippen LogP contribution in [0.3, 0.4) is 0 Å². The summed E-state index contributed by atoms with van der Waals surface area (Å²) in [5.74, 6) is 1.05. The van der Waals surface area contributed by atoms with Crippen LogP contribution >= 0.6 is 0 Å². The molecule has 0 aromatic rings. The Balaban J connectivity index is 1.55. The zero-order chi connectivity index (χ0) is 17.0. The molecule has 6 nitrogen and oxygen atoms in total. The van der Waals surface area contributed by atoms with Crippen molar-refractivity contribution in [3.8, 4) is 0 Å². The maximum absolute atomic E-state index is 5.57. The predicted octanol–water partition coefficient (Wildman–Crippen LogP) is 0.619. The first-order valence-corrected chi connectivity index (χ1v) is 9.24. The molecule has 1 atom stereocenters. The molecule has 0 aliphatic carbocycles. The maximum Gasteiger partial charge on any atom is 0.193 e. The third kappa shape index (κ3) is 3.76. The number of nitrogens with one attached hydrogen (secondary N) is 1. The highest BCUT2D eigenvalue weighted by Gasteiger charge is 2.36. The Morgan fingerprint density at radius 2 is 2.00 bits per heavy atom. The van der Waals surface area contributed by atoms with Crippen molar-refractivity contribution in [2.75, 3.05) is 67.1 Å². The van der Waals surface area contributed by atoms with Crippen molar-refractivity contribution in [3.63, 3.8) is 0 Å². The second-order valence-corrected chi connectivity index (χ2v) is 7.45. The molecule has 1 N–H and O–H groups in total. The third-order valence-electron chi connectivity index (χ3n) is 5.99. The Kier molecular flexibility index (Phi) is 5.79. The molecule has 3 heterocycles. The van der Waals surface area contributed by atoms with Gasteiger partial charge in [-0.05, 0) is 33.4 Å². The van der Waals surface area contributed by atoms with E-state index in [4.69, 9.17) is 4.74 Å². The number of ether oxygens (including phenoxy) is 1. The van der Waals surface area contributed by atoms with Gasteiger partial charge in [0.2, 0.25) is 0 Å². The van der Waals surface area contributed by atoms with Crippen LogP contribution in [0, 0.1) is 0 Å². The van der Waals surface area contributed by atoms with Crippen molar-refractivity contribution in [1.29, 1.82) is 0 Å². The summed E-state index contributed by atoms with van der Waals surface area (Å²) in [5.41, 5.74) is 0.173. The molecule has 1 unspecified atom stereocenters. The van der Waals surface area contributed by atoms with E-state index in [-0.39, 0.29) is 5.54 Å². The van der Waals surface area contributed by atoms with E-state index >= 15 is 0 Å². The topological polar surface area (TPSA) is 43.3 Å². The SMILES string of the molecule is CN=C(NCC1(N(C)C)CCOCC1)N1CCC(N2CC=CC2)C1. The lowest BCUT2D eigenvalue weighted by Crippen LogP contribution is -2.57. The fraction of sp³-hybridized carbons (Fsp3) is 0.833. The van der Waals surface area contributed by atoms with Gasteiger partial charge >= 0.3 is 0 Å². The number of guanidine groups is 1. The van der Waals surface area contributed by atoms with Crippen molar-refractivity contribution in [3.05, 3.63) is 12.2 Å². The second kappa shape index (κ2) is 7.85. The van der Waals surface area contributed by atoms with Gasteiger partial charge in [-0.2, -0.15) is 0 Å². The Labute approximate surface area is 146 Å². The van der Waals surface area contributed by atoms with Crippen LogP contribution in [0.4, 0.5) is 0 Å². The quantitative estimate of drug-likeness (QED) is 0.463. The van der Waals surface area contributed by atoms with E-state index in [1.165, 1.54) is 6.42 Å². The maximum atomic E-state index is 5.57. The van der Waals surface area contributed by atoms with Crippen LogP contribution in [0.2, 0.25) is 0 Å². The summed E-state index contributed by atoms with van der Waals surface area (Å²) >= 11 is 0. The lowest BCUT2D eigenvalue weighted by atomic mass is 9.88. The Morgan fingerprint density at radius 3 is 2.62 bits per heavy atom. The fourth-order valence-electron chi connectivity index (χ4n) is 4.13. The molecule has 6 heteroatoms. The van der Waals surface area contributed by atoms with Crippen molar-refractivity contribution < 1.29 is 4.74 Å². The van der Waals surface area contributed by atoms with E-state index < -0.39 is 0 Å². The standard InChI is InChI=1S/C18H33N5O/c1-19-17(20-15-18(21(2)3)7-12-24-13-8-18)23-11-6-16(14-23)22-9-4-5-10-22/h4-5,16H,6-15H2,1-3H3,(H,19,20). The molecule has 0 spiro atoms. The highest BCUT2D eigenvalue weighted by Crippen LogP contribution is 2.25. The van der Waals surface area contributed by atoms with Gasteiger partial charge in [0.25, 0.3) is 0 Å². The predicted molar refractivity (Wildman–Crippen MR) is 98.5 cm³/mol. The molecule has 0 aromatic heterocycles. The van der Waals surface area contributed by atoms with Crippen LogP contribution in [-0.4, -0.2) is 99.3 Å². The van der Waals surface area contributed by atoms with Gasteiger partial charge in [0.1, 0.15) is 0 Å². The van der Waals surface area contributed by atoms with Crippen LogP contribution in [0.15, 0.2) is 17.1 Å². The normalized spacial score (nSPS) is 28.1. The first-order chi connectivity index (χ1) is 11.6. The number of likely N-dealkylation sites (tertiary alicyclic amines) is 1. The molecule has 0 bridgehead atoms. The minimum Gasteiger partial charge on any atom is -0.381 e. The molecule has 2 saturated heterocycles. The minimum absolute atomic E-state index is 0.173. The highest BCUT2D eigenvalue weighted by molar-refractivity contribution is 5.80. The summed E-state index contributed by atoms with van der Waals surface area (Å²) in [6.45, 7) is 7.03. The van der Waals surface area contributed by atoms with Crippen LogP contribution in [0.1, 0.15) is 19.3 Å². The lowest BCUT2D eigenvalue weighted by molar-refractivity contribution is -0.00522. The van der Waals surface area contributed by atoms with E-state index in [9.17, 15) is 0 Å². The van der Waals surface area contributed by atoms with E-state index in [0.29, 0.717) is 6.04 Å². The summed E-state index contributed by atoms with van der Waals surface area (Å²) < 4.78 is 5.57. The zero-order valence-corrected chi connectivity index (χ0v) is 15.5. The molecule has 0 radical (unpaired) electrons. The van der Waals surface area contributed by atoms with Gasteiger partial charge < -0.3 is 19.9 Å². The molecule has 136 valence electrons. The molecule has 0 amide bonds. The molecule has 2 fully saturated rings. The van der Waals surface area contributed by atoms with Crippen LogP contribution in [-0.2, 0) is 4.74 Å².